The van der Waals surface area contributed by atoms with Crippen molar-refractivity contribution in [1.29, 1.82) is 0 Å². The smallest absolute Gasteiger partial charge is 0.322 e. The van der Waals surface area contributed by atoms with Gasteiger partial charge in [0.05, 0.1) is 12.3 Å². The molecule has 0 saturated carbocycles. The summed E-state index contributed by atoms with van der Waals surface area (Å²) in [7, 11) is 1.88. The molecule has 1 N–H and O–H groups in total. The van der Waals surface area contributed by atoms with Crippen molar-refractivity contribution in [2.75, 3.05) is 6.61 Å². The number of nitrogens with one attached hydrogen (secondary N) is 1. The standard InChI is InChI=1S/C14H20N4O2/c1-5-20-14(19)10(3)15-7-11-6-12-9(2)17-18(4)13(12)16-8-11/h6,8,10,15H,5,7H2,1-4H3. The van der Waals surface area contributed by atoms with Gasteiger partial charge in [0.25, 0.3) is 0 Å². The van der Waals surface area contributed by atoms with Crippen LogP contribution < -0.4 is 5.32 Å². The maximum absolute atomic E-state index is 11.5. The highest BCUT2D eigenvalue weighted by atomic mass is 16.5. The summed E-state index contributed by atoms with van der Waals surface area (Å²) in [5.74, 6) is -0.237. The van der Waals surface area contributed by atoms with Crippen molar-refractivity contribution in [2.24, 2.45) is 7.05 Å². The number of aryl methyl sites for hydroxylation is 2. The lowest BCUT2D eigenvalue weighted by atomic mass is 10.2. The lowest BCUT2D eigenvalue weighted by Gasteiger charge is -2.12. The normalized spacial score (nSPS) is 12.6. The second kappa shape index (κ2) is 6.00. The zero-order chi connectivity index (χ0) is 14.7. The summed E-state index contributed by atoms with van der Waals surface area (Å²) in [5, 5.41) is 8.51. The van der Waals surface area contributed by atoms with E-state index >= 15 is 0 Å². The predicted molar refractivity (Wildman–Crippen MR) is 76.2 cm³/mol. The predicted octanol–water partition coefficient (Wildman–Crippen LogP) is 1.32. The van der Waals surface area contributed by atoms with E-state index in [0.29, 0.717) is 13.2 Å². The highest BCUT2D eigenvalue weighted by molar-refractivity contribution is 5.78. The Kier molecular flexibility index (Phi) is 4.34. The van der Waals surface area contributed by atoms with Gasteiger partial charge in [-0.25, -0.2) is 4.98 Å². The summed E-state index contributed by atoms with van der Waals surface area (Å²) in [4.78, 5) is 15.9. The summed E-state index contributed by atoms with van der Waals surface area (Å²) in [6, 6.07) is 1.72. The van der Waals surface area contributed by atoms with E-state index in [1.54, 1.807) is 24.7 Å². The second-order valence-electron chi connectivity index (χ2n) is 4.78. The third-order valence-electron chi connectivity index (χ3n) is 3.17. The summed E-state index contributed by atoms with van der Waals surface area (Å²) in [5.41, 5.74) is 2.84. The van der Waals surface area contributed by atoms with Crippen LogP contribution in [0.2, 0.25) is 0 Å². The molecular formula is C14H20N4O2. The van der Waals surface area contributed by atoms with Crippen molar-refractivity contribution in [3.63, 3.8) is 0 Å². The Morgan fingerprint density at radius 1 is 1.55 bits per heavy atom. The Bertz CT molecular complexity index is 621. The lowest BCUT2D eigenvalue weighted by molar-refractivity contribution is -0.145. The minimum atomic E-state index is -0.333. The van der Waals surface area contributed by atoms with Crippen molar-refractivity contribution in [1.82, 2.24) is 20.1 Å². The van der Waals surface area contributed by atoms with Crippen LogP contribution in [0.4, 0.5) is 0 Å². The largest absolute Gasteiger partial charge is 0.465 e. The van der Waals surface area contributed by atoms with Crippen LogP contribution in [0.25, 0.3) is 11.0 Å². The highest BCUT2D eigenvalue weighted by Gasteiger charge is 2.13. The van der Waals surface area contributed by atoms with Crippen molar-refractivity contribution < 1.29 is 9.53 Å². The van der Waals surface area contributed by atoms with Gasteiger partial charge in [-0.05, 0) is 32.4 Å². The van der Waals surface area contributed by atoms with E-state index < -0.39 is 0 Å². The zero-order valence-corrected chi connectivity index (χ0v) is 12.3. The number of rotatable bonds is 5. The van der Waals surface area contributed by atoms with Gasteiger partial charge in [0.15, 0.2) is 5.65 Å². The fourth-order valence-corrected chi connectivity index (χ4v) is 2.07. The van der Waals surface area contributed by atoms with E-state index in [-0.39, 0.29) is 12.0 Å². The Morgan fingerprint density at radius 2 is 2.30 bits per heavy atom. The highest BCUT2D eigenvalue weighted by Crippen LogP contribution is 2.16. The molecule has 2 aromatic rings. The Morgan fingerprint density at radius 3 is 3.00 bits per heavy atom. The number of pyridine rings is 1. The van der Waals surface area contributed by atoms with Gasteiger partial charge in [-0.3, -0.25) is 9.48 Å². The molecule has 1 atom stereocenters. The molecule has 0 aromatic carbocycles. The molecule has 0 aliphatic carbocycles. The van der Waals surface area contributed by atoms with Crippen LogP contribution in [0, 0.1) is 6.92 Å². The van der Waals surface area contributed by atoms with Gasteiger partial charge in [0.1, 0.15) is 6.04 Å². The van der Waals surface area contributed by atoms with E-state index in [9.17, 15) is 4.79 Å². The number of fused-ring (bicyclic) bond motifs is 1. The van der Waals surface area contributed by atoms with Crippen LogP contribution in [-0.4, -0.2) is 33.4 Å². The van der Waals surface area contributed by atoms with Gasteiger partial charge < -0.3 is 10.1 Å². The molecule has 0 bridgehead atoms. The number of hydrogen-bond donors (Lipinski definition) is 1. The first-order valence-corrected chi connectivity index (χ1v) is 6.71. The molecule has 6 nitrogen and oxygen atoms in total. The topological polar surface area (TPSA) is 69.0 Å². The number of aromatic nitrogens is 3. The van der Waals surface area contributed by atoms with Gasteiger partial charge in [-0.2, -0.15) is 5.10 Å². The third kappa shape index (κ3) is 2.96. The van der Waals surface area contributed by atoms with Gasteiger partial charge in [-0.1, -0.05) is 0 Å². The molecule has 0 radical (unpaired) electrons. The van der Waals surface area contributed by atoms with Crippen molar-refractivity contribution in [3.8, 4) is 0 Å². The first-order chi connectivity index (χ1) is 9.52. The van der Waals surface area contributed by atoms with Crippen molar-refractivity contribution >= 4 is 17.0 Å². The molecule has 1 unspecified atom stereocenters. The molecule has 0 aliphatic heterocycles. The monoisotopic (exact) mass is 276 g/mol. The van der Waals surface area contributed by atoms with Crippen LogP contribution in [0.3, 0.4) is 0 Å². The quantitative estimate of drug-likeness (QED) is 0.834. The number of esters is 1. The Hall–Kier alpha value is -1.95. The van der Waals surface area contributed by atoms with Crippen LogP contribution in [-0.2, 0) is 23.1 Å². The maximum Gasteiger partial charge on any atom is 0.322 e. The van der Waals surface area contributed by atoms with Crippen molar-refractivity contribution in [2.45, 2.75) is 33.4 Å². The molecular weight excluding hydrogens is 256 g/mol. The Labute approximate surface area is 118 Å². The van der Waals surface area contributed by atoms with E-state index in [1.807, 2.05) is 14.0 Å². The van der Waals surface area contributed by atoms with Crippen molar-refractivity contribution in [3.05, 3.63) is 23.5 Å². The molecule has 20 heavy (non-hydrogen) atoms. The molecule has 0 fully saturated rings. The number of hydrogen-bond acceptors (Lipinski definition) is 5. The van der Waals surface area contributed by atoms with Crippen LogP contribution in [0.15, 0.2) is 12.3 Å². The molecule has 2 heterocycles. The minimum Gasteiger partial charge on any atom is -0.465 e. The van der Waals surface area contributed by atoms with Gasteiger partial charge in [0.2, 0.25) is 0 Å². The van der Waals surface area contributed by atoms with E-state index in [1.165, 1.54) is 0 Å². The van der Waals surface area contributed by atoms with Gasteiger partial charge >= 0.3 is 5.97 Å². The van der Waals surface area contributed by atoms with Crippen LogP contribution in [0.1, 0.15) is 25.1 Å². The zero-order valence-electron chi connectivity index (χ0n) is 12.3. The lowest BCUT2D eigenvalue weighted by Crippen LogP contribution is -2.34. The molecule has 2 rings (SSSR count). The molecule has 108 valence electrons. The second-order valence-corrected chi connectivity index (χ2v) is 4.78. The average molecular weight is 276 g/mol. The molecule has 0 aliphatic rings. The van der Waals surface area contributed by atoms with Gasteiger partial charge in [0, 0.05) is 25.2 Å². The summed E-state index contributed by atoms with van der Waals surface area (Å²) in [6.45, 7) is 6.51. The molecule has 6 heteroatoms. The molecule has 2 aromatic heterocycles. The molecule has 0 amide bonds. The van der Waals surface area contributed by atoms with Gasteiger partial charge in [-0.15, -0.1) is 0 Å². The van der Waals surface area contributed by atoms with Crippen LogP contribution in [0.5, 0.6) is 0 Å². The number of carbonyl (C=O) groups is 1. The minimum absolute atomic E-state index is 0.237. The first-order valence-electron chi connectivity index (χ1n) is 6.71. The van der Waals surface area contributed by atoms with Crippen LogP contribution >= 0.6 is 0 Å². The maximum atomic E-state index is 11.5. The summed E-state index contributed by atoms with van der Waals surface area (Å²) in [6.07, 6.45) is 1.80. The van der Waals surface area contributed by atoms with E-state index in [4.69, 9.17) is 4.74 Å². The number of ether oxygens (including phenoxy) is 1. The number of nitrogens with zero attached hydrogens (tertiary/aromatic N) is 3. The SMILES string of the molecule is CCOC(=O)C(C)NCc1cnc2c(c1)c(C)nn2C. The Balaban J connectivity index is 2.07. The van der Waals surface area contributed by atoms with E-state index in [2.05, 4.69) is 21.5 Å². The first kappa shape index (κ1) is 14.5. The fourth-order valence-electron chi connectivity index (χ4n) is 2.07. The van der Waals surface area contributed by atoms with E-state index in [0.717, 1.165) is 22.3 Å². The third-order valence-corrected chi connectivity index (χ3v) is 3.17. The molecule has 0 spiro atoms. The summed E-state index contributed by atoms with van der Waals surface area (Å²) >= 11 is 0. The number of carbonyl (C=O) groups excluding carboxylic acids is 1. The molecule has 0 saturated heterocycles. The fraction of sp³-hybridized carbons (Fsp3) is 0.500. The average Bonchev–Trinajstić information content (AvgIpc) is 2.71. The summed E-state index contributed by atoms with van der Waals surface area (Å²) < 4.78 is 6.72.